The van der Waals surface area contributed by atoms with E-state index in [9.17, 15) is 4.79 Å². The number of alkyl halides is 1. The van der Waals surface area contributed by atoms with Gasteiger partial charge in [0, 0.05) is 7.05 Å². The first-order valence-electron chi connectivity index (χ1n) is 2.46. The van der Waals surface area contributed by atoms with Gasteiger partial charge in [-0.1, -0.05) is 11.6 Å². The lowest BCUT2D eigenvalue weighted by Gasteiger charge is -2.10. The molecule has 0 N–H and O–H groups in total. The Morgan fingerprint density at radius 1 is 2.00 bits per heavy atom. The molecule has 0 spiro atoms. The Kier molecular flexibility index (Phi) is 1.43. The van der Waals surface area contributed by atoms with Gasteiger partial charge >= 0.3 is 0 Å². The van der Waals surface area contributed by atoms with E-state index in [0.717, 1.165) is 0 Å². The molecule has 1 unspecified atom stereocenters. The lowest BCUT2D eigenvalue weighted by molar-refractivity contribution is -0.124. The van der Waals surface area contributed by atoms with Crippen molar-refractivity contribution >= 4 is 17.5 Å². The van der Waals surface area contributed by atoms with E-state index in [0.29, 0.717) is 6.42 Å². The molecular formula is C5H7ClNO. The predicted molar refractivity (Wildman–Crippen MR) is 31.3 cm³/mol. The van der Waals surface area contributed by atoms with Gasteiger partial charge in [0.05, 0.1) is 6.42 Å². The summed E-state index contributed by atoms with van der Waals surface area (Å²) >= 11 is 5.63. The molecule has 0 aromatic heterocycles. The zero-order valence-electron chi connectivity index (χ0n) is 4.60. The van der Waals surface area contributed by atoms with Crippen molar-refractivity contribution in [2.75, 3.05) is 7.05 Å². The van der Waals surface area contributed by atoms with Gasteiger partial charge in [-0.15, -0.1) is 0 Å². The third-order valence-corrected chi connectivity index (χ3v) is 1.73. The highest BCUT2D eigenvalue weighted by atomic mass is 35.5. The quantitative estimate of drug-likeness (QED) is 0.350. The van der Waals surface area contributed by atoms with Crippen LogP contribution in [-0.2, 0) is 4.79 Å². The number of carbonyl (C=O) groups is 1. The largest absolute Gasteiger partial charge is 0.329 e. The van der Waals surface area contributed by atoms with Crippen LogP contribution in [0.2, 0.25) is 0 Å². The second-order valence-electron chi connectivity index (χ2n) is 1.82. The number of nitrogens with zero attached hydrogens (tertiary/aromatic N) is 1. The lowest BCUT2D eigenvalue weighted by Crippen LogP contribution is -2.23. The molecule has 3 heteroatoms. The first-order chi connectivity index (χ1) is 3.72. The van der Waals surface area contributed by atoms with Crippen molar-refractivity contribution in [2.45, 2.75) is 11.9 Å². The molecule has 0 bridgehead atoms. The van der Waals surface area contributed by atoms with Crippen LogP contribution < -0.4 is 0 Å². The highest BCUT2D eigenvalue weighted by Crippen LogP contribution is 2.17. The first kappa shape index (κ1) is 5.89. The molecule has 1 heterocycles. The summed E-state index contributed by atoms with van der Waals surface area (Å²) in [7, 11) is 1.70. The van der Waals surface area contributed by atoms with Crippen molar-refractivity contribution in [2.24, 2.45) is 0 Å². The third-order valence-electron chi connectivity index (χ3n) is 1.25. The summed E-state index contributed by atoms with van der Waals surface area (Å²) in [4.78, 5) is 12.1. The molecule has 45 valence electrons. The van der Waals surface area contributed by atoms with Crippen LogP contribution >= 0.6 is 11.6 Å². The molecule has 0 aromatic carbocycles. The van der Waals surface area contributed by atoms with Crippen LogP contribution in [0, 0.1) is 6.42 Å². The van der Waals surface area contributed by atoms with E-state index in [2.05, 4.69) is 0 Å². The summed E-state index contributed by atoms with van der Waals surface area (Å²) < 4.78 is 0. The molecule has 8 heavy (non-hydrogen) atoms. The molecule has 2 nitrogen and oxygen atoms in total. The van der Waals surface area contributed by atoms with Crippen molar-refractivity contribution in [1.29, 1.82) is 0 Å². The number of hydrogen-bond acceptors (Lipinski definition) is 1. The predicted octanol–water partition coefficient (Wildman–Crippen LogP) is 0.618. The summed E-state index contributed by atoms with van der Waals surface area (Å²) in [5, 5.41) is 0. The average Bonchev–Trinajstić information content (AvgIpc) is 1.98. The molecule has 1 radical (unpaired) electrons. The van der Waals surface area contributed by atoms with E-state index in [1.54, 1.807) is 13.5 Å². The van der Waals surface area contributed by atoms with Gasteiger partial charge in [0.25, 0.3) is 0 Å². The molecule has 1 rings (SSSR count). The Morgan fingerprint density at radius 3 is 2.75 bits per heavy atom. The molecule has 0 aromatic rings. The summed E-state index contributed by atoms with van der Waals surface area (Å²) in [6.07, 6.45) is 2.27. The smallest absolute Gasteiger partial charge is 0.227 e. The normalized spacial score (nSPS) is 29.5. The van der Waals surface area contributed by atoms with Crippen molar-refractivity contribution in [3.8, 4) is 0 Å². The van der Waals surface area contributed by atoms with Crippen LogP contribution in [0.1, 0.15) is 6.42 Å². The fourth-order valence-corrected chi connectivity index (χ4v) is 0.824. The van der Waals surface area contributed by atoms with Gasteiger partial charge in [-0.3, -0.25) is 4.79 Å². The van der Waals surface area contributed by atoms with Crippen LogP contribution in [0.25, 0.3) is 0 Å². The second kappa shape index (κ2) is 1.94. The fraction of sp³-hybridized carbons (Fsp3) is 0.600. The summed E-state index contributed by atoms with van der Waals surface area (Å²) in [6, 6.07) is 0. The second-order valence-corrected chi connectivity index (χ2v) is 2.33. The van der Waals surface area contributed by atoms with Crippen molar-refractivity contribution in [3.63, 3.8) is 0 Å². The van der Waals surface area contributed by atoms with Gasteiger partial charge in [-0.25, -0.2) is 0 Å². The van der Waals surface area contributed by atoms with Crippen molar-refractivity contribution in [3.05, 3.63) is 6.42 Å². The van der Waals surface area contributed by atoms with Crippen molar-refractivity contribution < 1.29 is 4.79 Å². The maximum atomic E-state index is 10.6. The van der Waals surface area contributed by atoms with Gasteiger partial charge in [0.2, 0.25) is 5.91 Å². The van der Waals surface area contributed by atoms with E-state index < -0.39 is 0 Å². The van der Waals surface area contributed by atoms with Crippen LogP contribution in [-0.4, -0.2) is 23.4 Å². The topological polar surface area (TPSA) is 20.3 Å². The fourth-order valence-electron chi connectivity index (χ4n) is 0.638. The number of likely N-dealkylation sites (tertiary alicyclic amines) is 1. The monoisotopic (exact) mass is 132 g/mol. The van der Waals surface area contributed by atoms with Crippen LogP contribution in [0.3, 0.4) is 0 Å². The van der Waals surface area contributed by atoms with Gasteiger partial charge in [-0.2, -0.15) is 0 Å². The van der Waals surface area contributed by atoms with Gasteiger partial charge in [0.15, 0.2) is 0 Å². The zero-order valence-corrected chi connectivity index (χ0v) is 5.35. The Balaban J connectivity index is 2.56. The molecule has 1 aliphatic rings. The minimum Gasteiger partial charge on any atom is -0.329 e. The Morgan fingerprint density at radius 2 is 2.62 bits per heavy atom. The Bertz CT molecular complexity index is 115. The molecule has 1 saturated heterocycles. The molecule has 0 aliphatic carbocycles. The summed E-state index contributed by atoms with van der Waals surface area (Å²) in [6.45, 7) is 0. The maximum absolute atomic E-state index is 10.6. The van der Waals surface area contributed by atoms with Gasteiger partial charge in [0.1, 0.15) is 5.50 Å². The summed E-state index contributed by atoms with van der Waals surface area (Å²) in [5.74, 6) is 0.0324. The first-order valence-corrected chi connectivity index (χ1v) is 2.89. The highest BCUT2D eigenvalue weighted by molar-refractivity contribution is 6.22. The van der Waals surface area contributed by atoms with E-state index >= 15 is 0 Å². The number of carbonyl (C=O) groups excluding carboxylic acids is 1. The van der Waals surface area contributed by atoms with Crippen LogP contribution in [0.5, 0.6) is 0 Å². The van der Waals surface area contributed by atoms with Gasteiger partial charge in [-0.05, 0) is 6.42 Å². The number of rotatable bonds is 0. The minimum atomic E-state index is -0.109. The van der Waals surface area contributed by atoms with E-state index in [4.69, 9.17) is 11.6 Å². The third kappa shape index (κ3) is 0.802. The molecule has 1 amide bonds. The average molecular weight is 133 g/mol. The zero-order chi connectivity index (χ0) is 6.15. The Hall–Kier alpha value is -0.240. The lowest BCUT2D eigenvalue weighted by atomic mass is 10.4. The number of amides is 1. The van der Waals surface area contributed by atoms with Crippen molar-refractivity contribution in [1.82, 2.24) is 4.90 Å². The highest BCUT2D eigenvalue weighted by Gasteiger charge is 2.25. The molecule has 1 aliphatic heterocycles. The maximum Gasteiger partial charge on any atom is 0.227 e. The molecule has 0 saturated carbocycles. The number of hydrogen-bond donors (Lipinski definition) is 0. The van der Waals surface area contributed by atoms with E-state index in [1.807, 2.05) is 0 Å². The molecule has 1 atom stereocenters. The molecular weight excluding hydrogens is 126 g/mol. The SMILES string of the molecule is CN1C(=O)[CH]CC1Cl. The van der Waals surface area contributed by atoms with Gasteiger partial charge < -0.3 is 4.90 Å². The van der Waals surface area contributed by atoms with Crippen LogP contribution in [0.15, 0.2) is 0 Å². The van der Waals surface area contributed by atoms with E-state index in [1.165, 1.54) is 4.90 Å². The molecule has 1 fully saturated rings. The van der Waals surface area contributed by atoms with Crippen LogP contribution in [0.4, 0.5) is 0 Å². The van der Waals surface area contributed by atoms with E-state index in [-0.39, 0.29) is 11.4 Å². The minimum absolute atomic E-state index is 0.0324. The standard InChI is InChI=1S/C5H7ClNO/c1-7-4(6)2-3-5(7)8/h3-4H,2H2,1H3. The Labute approximate surface area is 53.4 Å². The number of halogens is 1. The summed E-state index contributed by atoms with van der Waals surface area (Å²) in [5.41, 5.74) is -0.109.